The zero-order valence-electron chi connectivity index (χ0n) is 15.1. The molecule has 0 bridgehead atoms. The summed E-state index contributed by atoms with van der Waals surface area (Å²) >= 11 is 6.00. The van der Waals surface area contributed by atoms with Gasteiger partial charge in [0.2, 0.25) is 0 Å². The smallest absolute Gasteiger partial charge is 0.137 e. The van der Waals surface area contributed by atoms with Crippen molar-refractivity contribution in [2.45, 2.75) is 52.2 Å². The summed E-state index contributed by atoms with van der Waals surface area (Å²) in [6.45, 7) is 7.04. The minimum atomic E-state index is -0.941. The van der Waals surface area contributed by atoms with Crippen molar-refractivity contribution < 1.29 is 5.11 Å². The average Bonchev–Trinajstić information content (AvgIpc) is 3.03. The van der Waals surface area contributed by atoms with Crippen molar-refractivity contribution in [2.24, 2.45) is 11.3 Å². The fourth-order valence-electron chi connectivity index (χ4n) is 4.06. The van der Waals surface area contributed by atoms with Crippen LogP contribution in [-0.2, 0) is 6.54 Å². The van der Waals surface area contributed by atoms with Gasteiger partial charge in [0, 0.05) is 5.02 Å². The van der Waals surface area contributed by atoms with Crippen LogP contribution in [0.3, 0.4) is 0 Å². The predicted octanol–water partition coefficient (Wildman–Crippen LogP) is 4.59. The molecule has 134 valence electrons. The maximum Gasteiger partial charge on any atom is 0.137 e. The third kappa shape index (κ3) is 3.96. The van der Waals surface area contributed by atoms with E-state index in [2.05, 4.69) is 36.9 Å². The Hall–Kier alpha value is -1.65. The van der Waals surface area contributed by atoms with Gasteiger partial charge in [-0.3, -0.25) is 0 Å². The van der Waals surface area contributed by atoms with E-state index in [1.54, 1.807) is 11.0 Å². The van der Waals surface area contributed by atoms with Crippen molar-refractivity contribution >= 4 is 17.7 Å². The first-order valence-corrected chi connectivity index (χ1v) is 9.18. The lowest BCUT2D eigenvalue weighted by Gasteiger charge is -2.48. The topological polar surface area (TPSA) is 50.9 Å². The number of hydrogen-bond donors (Lipinski definition) is 1. The van der Waals surface area contributed by atoms with Crippen LogP contribution in [0.5, 0.6) is 0 Å². The Morgan fingerprint density at radius 3 is 2.64 bits per heavy atom. The molecule has 1 fully saturated rings. The van der Waals surface area contributed by atoms with E-state index in [1.807, 2.05) is 24.3 Å². The second kappa shape index (κ2) is 6.93. The first-order valence-electron chi connectivity index (χ1n) is 8.80. The molecule has 0 spiro atoms. The highest BCUT2D eigenvalue weighted by Gasteiger charge is 2.48. The molecule has 1 heterocycles. The number of hydrogen-bond acceptors (Lipinski definition) is 3. The van der Waals surface area contributed by atoms with Gasteiger partial charge in [-0.2, -0.15) is 5.10 Å². The molecule has 0 aliphatic heterocycles. The molecule has 1 aromatic heterocycles. The molecular formula is C20H26ClN3O. The molecule has 0 amide bonds. The summed E-state index contributed by atoms with van der Waals surface area (Å²) in [4.78, 5) is 4.03. The minimum Gasteiger partial charge on any atom is -0.383 e. The summed E-state index contributed by atoms with van der Waals surface area (Å²) in [5.74, 6) is 0.150. The molecule has 25 heavy (non-hydrogen) atoms. The SMILES string of the molecule is CC(C)(C)C1CCC/C(=C/c2ccc(Cl)cc2)C1(O)Cn1cncn1. The van der Waals surface area contributed by atoms with E-state index in [0.29, 0.717) is 6.54 Å². The second-order valence-corrected chi connectivity index (χ2v) is 8.49. The fourth-order valence-corrected chi connectivity index (χ4v) is 4.18. The van der Waals surface area contributed by atoms with Gasteiger partial charge in [0.05, 0.1) is 6.54 Å². The van der Waals surface area contributed by atoms with Crippen LogP contribution in [0.4, 0.5) is 0 Å². The molecule has 1 aromatic carbocycles. The van der Waals surface area contributed by atoms with Crippen LogP contribution in [0.1, 0.15) is 45.6 Å². The van der Waals surface area contributed by atoms with E-state index in [0.717, 1.165) is 35.4 Å². The van der Waals surface area contributed by atoms with E-state index in [4.69, 9.17) is 11.6 Å². The van der Waals surface area contributed by atoms with Gasteiger partial charge in [0.1, 0.15) is 18.3 Å². The number of rotatable bonds is 3. The Bertz CT molecular complexity index is 731. The quantitative estimate of drug-likeness (QED) is 0.871. The maximum absolute atomic E-state index is 11.8. The summed E-state index contributed by atoms with van der Waals surface area (Å²) < 4.78 is 1.74. The highest BCUT2D eigenvalue weighted by Crippen LogP contribution is 2.48. The lowest BCUT2D eigenvalue weighted by molar-refractivity contribution is -0.0642. The molecule has 1 aliphatic carbocycles. The fraction of sp³-hybridized carbons (Fsp3) is 0.500. The van der Waals surface area contributed by atoms with Crippen LogP contribution in [0.25, 0.3) is 6.08 Å². The monoisotopic (exact) mass is 359 g/mol. The lowest BCUT2D eigenvalue weighted by Crippen LogP contribution is -2.51. The highest BCUT2D eigenvalue weighted by atomic mass is 35.5. The maximum atomic E-state index is 11.8. The van der Waals surface area contributed by atoms with Crippen LogP contribution >= 0.6 is 11.6 Å². The lowest BCUT2D eigenvalue weighted by atomic mass is 9.61. The van der Waals surface area contributed by atoms with Gasteiger partial charge in [-0.05, 0) is 53.9 Å². The standard InChI is InChI=1S/C20H26ClN3O/c1-19(2,3)18-6-4-5-16(11-15-7-9-17(21)10-8-15)20(18,25)12-24-14-22-13-23-24/h7-11,13-14,18,25H,4-6,12H2,1-3H3/b16-11-. The summed E-state index contributed by atoms with van der Waals surface area (Å²) in [5.41, 5.74) is 1.18. The Morgan fingerprint density at radius 1 is 1.32 bits per heavy atom. The molecule has 1 N–H and O–H groups in total. The van der Waals surface area contributed by atoms with E-state index in [1.165, 1.54) is 6.33 Å². The van der Waals surface area contributed by atoms with Crippen LogP contribution < -0.4 is 0 Å². The Balaban J connectivity index is 2.02. The summed E-state index contributed by atoms with van der Waals surface area (Å²) in [7, 11) is 0. The Morgan fingerprint density at radius 2 is 2.04 bits per heavy atom. The first kappa shape index (κ1) is 18.2. The van der Waals surface area contributed by atoms with Crippen molar-refractivity contribution in [3.8, 4) is 0 Å². The van der Waals surface area contributed by atoms with Crippen LogP contribution in [0, 0.1) is 11.3 Å². The van der Waals surface area contributed by atoms with Gasteiger partial charge in [0.25, 0.3) is 0 Å². The van der Waals surface area contributed by atoms with Crippen molar-refractivity contribution in [2.75, 3.05) is 0 Å². The summed E-state index contributed by atoms with van der Waals surface area (Å²) in [6.07, 6.45) is 8.28. The molecule has 3 rings (SSSR count). The largest absolute Gasteiger partial charge is 0.383 e. The van der Waals surface area contributed by atoms with Gasteiger partial charge in [-0.1, -0.05) is 50.6 Å². The van der Waals surface area contributed by atoms with Gasteiger partial charge in [-0.15, -0.1) is 0 Å². The van der Waals surface area contributed by atoms with Crippen molar-refractivity contribution in [1.29, 1.82) is 0 Å². The normalized spacial score (nSPS) is 26.1. The molecule has 2 aromatic rings. The van der Waals surface area contributed by atoms with E-state index < -0.39 is 5.60 Å². The van der Waals surface area contributed by atoms with Crippen LogP contribution in [-0.4, -0.2) is 25.5 Å². The average molecular weight is 360 g/mol. The minimum absolute atomic E-state index is 0.00512. The number of aromatic nitrogens is 3. The number of aliphatic hydroxyl groups is 1. The molecule has 4 nitrogen and oxygen atoms in total. The molecule has 0 saturated heterocycles. The van der Waals surface area contributed by atoms with Gasteiger partial charge in [-0.25, -0.2) is 9.67 Å². The molecular weight excluding hydrogens is 334 g/mol. The Labute approximate surface area is 154 Å². The zero-order chi connectivity index (χ0) is 18.1. The zero-order valence-corrected chi connectivity index (χ0v) is 15.9. The van der Waals surface area contributed by atoms with Crippen molar-refractivity contribution in [3.63, 3.8) is 0 Å². The van der Waals surface area contributed by atoms with Gasteiger partial charge >= 0.3 is 0 Å². The predicted molar refractivity (Wildman–Crippen MR) is 101 cm³/mol. The Kier molecular flexibility index (Phi) is 5.03. The van der Waals surface area contributed by atoms with Gasteiger partial charge in [0.15, 0.2) is 0 Å². The molecule has 1 saturated carbocycles. The number of halogens is 1. The molecule has 5 heteroatoms. The molecule has 2 unspecified atom stereocenters. The number of nitrogens with zero attached hydrogens (tertiary/aromatic N) is 3. The third-order valence-electron chi connectivity index (χ3n) is 5.20. The van der Waals surface area contributed by atoms with E-state index in [9.17, 15) is 5.11 Å². The van der Waals surface area contributed by atoms with Crippen LogP contribution in [0.15, 0.2) is 42.5 Å². The summed E-state index contributed by atoms with van der Waals surface area (Å²) in [6, 6.07) is 7.75. The van der Waals surface area contributed by atoms with E-state index >= 15 is 0 Å². The highest BCUT2D eigenvalue weighted by molar-refractivity contribution is 6.30. The van der Waals surface area contributed by atoms with Crippen LogP contribution in [0.2, 0.25) is 5.02 Å². The van der Waals surface area contributed by atoms with Crippen molar-refractivity contribution in [1.82, 2.24) is 14.8 Å². The summed E-state index contributed by atoms with van der Waals surface area (Å²) in [5, 5.41) is 16.8. The number of benzene rings is 1. The van der Waals surface area contributed by atoms with E-state index in [-0.39, 0.29) is 11.3 Å². The second-order valence-electron chi connectivity index (χ2n) is 8.05. The molecule has 1 aliphatic rings. The van der Waals surface area contributed by atoms with Gasteiger partial charge < -0.3 is 5.11 Å². The van der Waals surface area contributed by atoms with Crippen molar-refractivity contribution in [3.05, 3.63) is 53.1 Å². The molecule has 0 radical (unpaired) electrons. The third-order valence-corrected chi connectivity index (χ3v) is 5.45. The first-order chi connectivity index (χ1) is 11.8. The molecule has 2 atom stereocenters.